The second kappa shape index (κ2) is 7.98. The molecule has 158 valence electrons. The third-order valence-electron chi connectivity index (χ3n) is 5.17. The van der Waals surface area contributed by atoms with Crippen LogP contribution in [0, 0.1) is 6.92 Å². The highest BCUT2D eigenvalue weighted by molar-refractivity contribution is 6.08. The van der Waals surface area contributed by atoms with E-state index in [9.17, 15) is 14.4 Å². The number of urea groups is 1. The van der Waals surface area contributed by atoms with Crippen molar-refractivity contribution >= 4 is 17.8 Å². The molecule has 0 bridgehead atoms. The zero-order valence-electron chi connectivity index (χ0n) is 17.1. The lowest BCUT2D eigenvalue weighted by Crippen LogP contribution is -2.49. The highest BCUT2D eigenvalue weighted by atomic mass is 16.2. The summed E-state index contributed by atoms with van der Waals surface area (Å²) in [6, 6.07) is 15.8. The second-order valence-electron chi connectivity index (χ2n) is 7.24. The summed E-state index contributed by atoms with van der Waals surface area (Å²) in [4.78, 5) is 39.1. The molecule has 4 rings (SSSR count). The van der Waals surface area contributed by atoms with Gasteiger partial charge in [0.2, 0.25) is 5.82 Å². The first-order valence-electron chi connectivity index (χ1n) is 9.79. The number of nitrogens with zero attached hydrogens (tertiary/aromatic N) is 5. The van der Waals surface area contributed by atoms with Crippen LogP contribution < -0.4 is 10.7 Å². The van der Waals surface area contributed by atoms with Gasteiger partial charge in [0.15, 0.2) is 0 Å². The van der Waals surface area contributed by atoms with Gasteiger partial charge in [0, 0.05) is 5.56 Å². The van der Waals surface area contributed by atoms with Crippen LogP contribution in [-0.2, 0) is 21.7 Å². The summed E-state index contributed by atoms with van der Waals surface area (Å²) in [5, 5.41) is 15.4. The van der Waals surface area contributed by atoms with Crippen molar-refractivity contribution in [3.05, 3.63) is 65.7 Å². The highest BCUT2D eigenvalue weighted by Gasteiger charge is 2.52. The minimum atomic E-state index is -1.23. The molecule has 0 spiro atoms. The van der Waals surface area contributed by atoms with E-state index in [4.69, 9.17) is 0 Å². The second-order valence-corrected chi connectivity index (χ2v) is 7.24. The fourth-order valence-electron chi connectivity index (χ4n) is 3.46. The Morgan fingerprint density at radius 3 is 2.48 bits per heavy atom. The van der Waals surface area contributed by atoms with E-state index >= 15 is 0 Å². The van der Waals surface area contributed by atoms with Crippen molar-refractivity contribution in [2.45, 2.75) is 32.4 Å². The van der Waals surface area contributed by atoms with Crippen LogP contribution in [0.15, 0.2) is 54.6 Å². The van der Waals surface area contributed by atoms with Crippen molar-refractivity contribution in [1.29, 1.82) is 0 Å². The fraction of sp³-hybridized carbons (Fsp3) is 0.238. The molecule has 10 nitrogen and oxygen atoms in total. The maximum Gasteiger partial charge on any atom is 0.344 e. The van der Waals surface area contributed by atoms with E-state index in [0.29, 0.717) is 22.8 Å². The molecule has 10 heteroatoms. The van der Waals surface area contributed by atoms with Gasteiger partial charge in [0.1, 0.15) is 12.1 Å². The van der Waals surface area contributed by atoms with Crippen LogP contribution in [0.25, 0.3) is 11.4 Å². The summed E-state index contributed by atoms with van der Waals surface area (Å²) in [5.41, 5.74) is 3.63. The molecule has 2 heterocycles. The van der Waals surface area contributed by atoms with Gasteiger partial charge >= 0.3 is 6.03 Å². The van der Waals surface area contributed by atoms with E-state index in [1.54, 1.807) is 31.2 Å². The van der Waals surface area contributed by atoms with Crippen molar-refractivity contribution in [2.24, 2.45) is 0 Å². The van der Waals surface area contributed by atoms with Crippen LogP contribution in [0.5, 0.6) is 0 Å². The smallest absolute Gasteiger partial charge is 0.318 e. The number of hydrogen-bond acceptors (Lipinski definition) is 6. The van der Waals surface area contributed by atoms with Gasteiger partial charge < -0.3 is 5.32 Å². The minimum Gasteiger partial charge on any atom is -0.318 e. The maximum absolute atomic E-state index is 13.1. The third-order valence-corrected chi connectivity index (χ3v) is 5.17. The van der Waals surface area contributed by atoms with Crippen molar-refractivity contribution in [3.63, 3.8) is 0 Å². The number of hydrazine groups is 1. The Hall–Kier alpha value is -4.08. The van der Waals surface area contributed by atoms with Crippen LogP contribution in [0.4, 0.5) is 4.79 Å². The standard InChI is InChI=1S/C21H21N7O3/c1-3-21(16-7-5-4-6-8-16)19(30)28(20(31)22-21)24-17(29)13-27-25-18(23-26-27)15-11-9-14(2)10-12-15/h4-12H,3,13H2,1-2H3,(H,22,31)(H,24,29)/t21-/m1/s1. The van der Waals surface area contributed by atoms with Crippen LogP contribution >= 0.6 is 0 Å². The SMILES string of the molecule is CC[C@]1(c2ccccc2)NC(=O)N(NC(=O)Cn2nnc(-c3ccc(C)cc3)n2)C1=O. The lowest BCUT2D eigenvalue weighted by Gasteiger charge is -2.25. The number of rotatable bonds is 6. The summed E-state index contributed by atoms with van der Waals surface area (Å²) >= 11 is 0. The van der Waals surface area contributed by atoms with E-state index in [1.807, 2.05) is 37.3 Å². The van der Waals surface area contributed by atoms with E-state index < -0.39 is 23.4 Å². The summed E-state index contributed by atoms with van der Waals surface area (Å²) in [5.74, 6) is -0.806. The maximum atomic E-state index is 13.1. The van der Waals surface area contributed by atoms with Gasteiger partial charge in [-0.3, -0.25) is 15.0 Å². The average Bonchev–Trinajstić information content (AvgIpc) is 3.33. The molecule has 0 unspecified atom stereocenters. The highest BCUT2D eigenvalue weighted by Crippen LogP contribution is 2.31. The molecule has 31 heavy (non-hydrogen) atoms. The first-order chi connectivity index (χ1) is 14.9. The molecule has 1 saturated heterocycles. The Morgan fingerprint density at radius 1 is 1.10 bits per heavy atom. The molecule has 1 aliphatic rings. The molecule has 2 N–H and O–H groups in total. The summed E-state index contributed by atoms with van der Waals surface area (Å²) in [7, 11) is 0. The van der Waals surface area contributed by atoms with Gasteiger partial charge in [-0.25, -0.2) is 4.79 Å². The van der Waals surface area contributed by atoms with E-state index in [1.165, 1.54) is 0 Å². The van der Waals surface area contributed by atoms with Crippen LogP contribution in [0.2, 0.25) is 0 Å². The summed E-state index contributed by atoms with van der Waals surface area (Å²) in [6.07, 6.45) is 0.332. The van der Waals surface area contributed by atoms with Crippen LogP contribution in [-0.4, -0.2) is 43.1 Å². The Labute approximate surface area is 178 Å². The van der Waals surface area contributed by atoms with Gasteiger partial charge in [0.05, 0.1) is 0 Å². The van der Waals surface area contributed by atoms with E-state index in [2.05, 4.69) is 26.2 Å². The quantitative estimate of drug-likeness (QED) is 0.585. The van der Waals surface area contributed by atoms with Crippen molar-refractivity contribution in [2.75, 3.05) is 0 Å². The number of benzene rings is 2. The number of imide groups is 1. The molecule has 0 radical (unpaired) electrons. The third kappa shape index (κ3) is 3.75. The Kier molecular flexibility index (Phi) is 5.20. The average molecular weight is 419 g/mol. The minimum absolute atomic E-state index is 0.305. The predicted octanol–water partition coefficient (Wildman–Crippen LogP) is 1.54. The van der Waals surface area contributed by atoms with Gasteiger partial charge in [-0.05, 0) is 24.1 Å². The largest absolute Gasteiger partial charge is 0.344 e. The normalized spacial score (nSPS) is 18.2. The molecule has 1 aliphatic heterocycles. The Bertz CT molecular complexity index is 1130. The molecule has 0 aliphatic carbocycles. The number of tetrazole rings is 1. The monoisotopic (exact) mass is 419 g/mol. The van der Waals surface area contributed by atoms with Crippen molar-refractivity contribution < 1.29 is 14.4 Å². The molecular formula is C21H21N7O3. The van der Waals surface area contributed by atoms with Crippen LogP contribution in [0.3, 0.4) is 0 Å². The first kappa shape index (κ1) is 20.2. The number of aromatic nitrogens is 4. The molecular weight excluding hydrogens is 398 g/mol. The van der Waals surface area contributed by atoms with E-state index in [-0.39, 0.29) is 6.54 Å². The molecule has 1 atom stereocenters. The Morgan fingerprint density at radius 2 is 1.81 bits per heavy atom. The molecule has 0 saturated carbocycles. The zero-order valence-corrected chi connectivity index (χ0v) is 17.1. The number of hydrogen-bond donors (Lipinski definition) is 2. The number of carbonyl (C=O) groups is 3. The van der Waals surface area contributed by atoms with Crippen LogP contribution in [0.1, 0.15) is 24.5 Å². The van der Waals surface area contributed by atoms with Gasteiger partial charge in [-0.15, -0.1) is 10.2 Å². The molecule has 1 aromatic heterocycles. The zero-order chi connectivity index (χ0) is 22.0. The van der Waals surface area contributed by atoms with E-state index in [0.717, 1.165) is 15.9 Å². The molecule has 4 amide bonds. The van der Waals surface area contributed by atoms with Crippen molar-refractivity contribution in [3.8, 4) is 11.4 Å². The number of nitrogens with one attached hydrogen (secondary N) is 2. The summed E-state index contributed by atoms with van der Waals surface area (Å²) in [6.45, 7) is 3.46. The first-order valence-corrected chi connectivity index (χ1v) is 9.79. The molecule has 3 aromatic rings. The number of aryl methyl sites for hydroxylation is 1. The van der Waals surface area contributed by atoms with Gasteiger partial charge in [-0.2, -0.15) is 9.81 Å². The lowest BCUT2D eigenvalue weighted by molar-refractivity contribution is -0.139. The van der Waals surface area contributed by atoms with Crippen molar-refractivity contribution in [1.82, 2.24) is 36.0 Å². The predicted molar refractivity (Wildman–Crippen MR) is 110 cm³/mol. The number of carbonyl (C=O) groups excluding carboxylic acids is 3. The topological polar surface area (TPSA) is 122 Å². The summed E-state index contributed by atoms with van der Waals surface area (Å²) < 4.78 is 0. The Balaban J connectivity index is 1.46. The van der Waals surface area contributed by atoms with Gasteiger partial charge in [0.25, 0.3) is 11.8 Å². The van der Waals surface area contributed by atoms with Gasteiger partial charge in [-0.1, -0.05) is 67.1 Å². The molecule has 2 aromatic carbocycles. The molecule has 1 fully saturated rings. The number of amides is 4. The lowest BCUT2D eigenvalue weighted by atomic mass is 9.87. The fourth-order valence-corrected chi connectivity index (χ4v) is 3.46.